The summed E-state index contributed by atoms with van der Waals surface area (Å²) in [4.78, 5) is 27.8. The molecule has 1 aliphatic rings. The van der Waals surface area contributed by atoms with E-state index in [2.05, 4.69) is 10.6 Å². The average Bonchev–Trinajstić information content (AvgIpc) is 2.88. The maximum atomic E-state index is 13.6. The second kappa shape index (κ2) is 11.2. The fraction of sp³-hybridized carbons (Fsp3) is 0.286. The van der Waals surface area contributed by atoms with Crippen molar-refractivity contribution in [1.82, 2.24) is 0 Å². The summed E-state index contributed by atoms with van der Waals surface area (Å²) in [6, 6.07) is 20.4. The Labute approximate surface area is 206 Å². The Hall–Kier alpha value is -3.68. The van der Waals surface area contributed by atoms with Gasteiger partial charge in [0.2, 0.25) is 5.91 Å². The summed E-state index contributed by atoms with van der Waals surface area (Å²) in [5.41, 5.74) is 17.8. The molecule has 1 unspecified atom stereocenters. The lowest BCUT2D eigenvalue weighted by Gasteiger charge is -2.28. The molecule has 0 bridgehead atoms. The highest BCUT2D eigenvalue weighted by atomic mass is 16.2. The van der Waals surface area contributed by atoms with Crippen LogP contribution in [0.25, 0.3) is 0 Å². The number of anilines is 3. The van der Waals surface area contributed by atoms with Gasteiger partial charge in [0.1, 0.15) is 6.04 Å². The van der Waals surface area contributed by atoms with E-state index < -0.39 is 6.04 Å². The molecule has 6 N–H and O–H groups in total. The normalized spacial score (nSPS) is 14.5. The molecular weight excluding hydrogens is 438 g/mol. The van der Waals surface area contributed by atoms with E-state index in [1.165, 1.54) is 0 Å². The van der Waals surface area contributed by atoms with Gasteiger partial charge >= 0.3 is 0 Å². The molecule has 1 fully saturated rings. The van der Waals surface area contributed by atoms with Crippen molar-refractivity contribution >= 4 is 28.9 Å². The van der Waals surface area contributed by atoms with Crippen LogP contribution < -0.4 is 27.0 Å². The molecule has 7 heteroatoms. The van der Waals surface area contributed by atoms with Crippen LogP contribution >= 0.6 is 0 Å². The van der Waals surface area contributed by atoms with Crippen LogP contribution in [0.1, 0.15) is 47.6 Å². The van der Waals surface area contributed by atoms with Crippen LogP contribution in [0.5, 0.6) is 0 Å². The molecule has 7 nitrogen and oxygen atoms in total. The number of piperidine rings is 1. The number of nitrogens with zero attached hydrogens (tertiary/aromatic N) is 1. The first-order chi connectivity index (χ1) is 17.0. The number of hydrogen-bond acceptors (Lipinski definition) is 5. The van der Waals surface area contributed by atoms with E-state index in [9.17, 15) is 9.59 Å². The molecule has 0 saturated carbocycles. The van der Waals surface area contributed by atoms with Crippen molar-refractivity contribution in [3.05, 3.63) is 89.0 Å². The van der Waals surface area contributed by atoms with Gasteiger partial charge in [-0.15, -0.1) is 0 Å². The summed E-state index contributed by atoms with van der Waals surface area (Å²) in [6.07, 6.45) is 2.52. The van der Waals surface area contributed by atoms with Crippen LogP contribution in [0.4, 0.5) is 17.1 Å². The van der Waals surface area contributed by atoms with Crippen molar-refractivity contribution in [2.45, 2.75) is 45.3 Å². The number of nitrogens with two attached hydrogens (primary N) is 2. The molecule has 1 atom stereocenters. The summed E-state index contributed by atoms with van der Waals surface area (Å²) in [6.45, 7) is 3.43. The summed E-state index contributed by atoms with van der Waals surface area (Å²) >= 11 is 0. The number of carbonyl (C=O) groups excluding carboxylic acids is 2. The Morgan fingerprint density at radius 1 is 0.971 bits per heavy atom. The number of aryl methyl sites for hydroxylation is 1. The number of amides is 2. The van der Waals surface area contributed by atoms with E-state index in [0.717, 1.165) is 53.0 Å². The van der Waals surface area contributed by atoms with Crippen molar-refractivity contribution in [2.75, 3.05) is 22.1 Å². The number of nitrogens with one attached hydrogen (secondary N) is 2. The molecule has 0 radical (unpaired) electrons. The number of benzene rings is 3. The van der Waals surface area contributed by atoms with Gasteiger partial charge in [0.05, 0.1) is 0 Å². The predicted octanol–water partition coefficient (Wildman–Crippen LogP) is 4.22. The SMILES string of the molecule is Cc1cc(NC(=O)C(Nc2cccc(CN)c2)c2ccccc2CN)ccc1N1CCCCC1=O. The lowest BCUT2D eigenvalue weighted by atomic mass is 9.98. The molecule has 0 spiro atoms. The summed E-state index contributed by atoms with van der Waals surface area (Å²) < 4.78 is 0. The minimum Gasteiger partial charge on any atom is -0.370 e. The molecule has 3 aromatic carbocycles. The van der Waals surface area contributed by atoms with Gasteiger partial charge in [-0.25, -0.2) is 0 Å². The van der Waals surface area contributed by atoms with Crippen LogP contribution in [0, 0.1) is 6.92 Å². The average molecular weight is 472 g/mol. The maximum Gasteiger partial charge on any atom is 0.251 e. The van der Waals surface area contributed by atoms with E-state index >= 15 is 0 Å². The zero-order valence-electron chi connectivity index (χ0n) is 20.1. The number of hydrogen-bond donors (Lipinski definition) is 4. The lowest BCUT2D eigenvalue weighted by molar-refractivity contribution is -0.119. The first-order valence-electron chi connectivity index (χ1n) is 12.1. The first kappa shape index (κ1) is 24.4. The topological polar surface area (TPSA) is 113 Å². The smallest absolute Gasteiger partial charge is 0.251 e. The zero-order chi connectivity index (χ0) is 24.8. The van der Waals surface area contributed by atoms with Gasteiger partial charge in [-0.3, -0.25) is 9.59 Å². The van der Waals surface area contributed by atoms with Crippen molar-refractivity contribution in [2.24, 2.45) is 11.5 Å². The maximum absolute atomic E-state index is 13.6. The second-order valence-electron chi connectivity index (χ2n) is 8.88. The van der Waals surface area contributed by atoms with E-state index in [-0.39, 0.29) is 11.8 Å². The molecule has 1 heterocycles. The van der Waals surface area contributed by atoms with Gasteiger partial charge in [-0.2, -0.15) is 0 Å². The second-order valence-corrected chi connectivity index (χ2v) is 8.88. The van der Waals surface area contributed by atoms with Crippen LogP contribution in [-0.2, 0) is 22.7 Å². The van der Waals surface area contributed by atoms with E-state index in [0.29, 0.717) is 25.2 Å². The van der Waals surface area contributed by atoms with E-state index in [1.807, 2.05) is 78.6 Å². The van der Waals surface area contributed by atoms with Crippen molar-refractivity contribution in [3.63, 3.8) is 0 Å². The van der Waals surface area contributed by atoms with E-state index in [4.69, 9.17) is 11.5 Å². The van der Waals surface area contributed by atoms with Gasteiger partial charge < -0.3 is 27.0 Å². The fourth-order valence-corrected chi connectivity index (χ4v) is 4.55. The quantitative estimate of drug-likeness (QED) is 0.393. The standard InChI is InChI=1S/C28H33N5O2/c1-19-15-23(12-13-25(19)33-14-5-4-11-26(33)34)32-28(35)27(24-10-3-2-8-21(24)18-30)31-22-9-6-7-20(16-22)17-29/h2-3,6-10,12-13,15-16,27,31H,4-5,11,14,17-18,29-30H2,1H3,(H,32,35). The summed E-state index contributed by atoms with van der Waals surface area (Å²) in [5, 5.41) is 6.42. The van der Waals surface area contributed by atoms with Crippen molar-refractivity contribution in [3.8, 4) is 0 Å². The van der Waals surface area contributed by atoms with Crippen LogP contribution in [-0.4, -0.2) is 18.4 Å². The minimum atomic E-state index is -0.661. The fourth-order valence-electron chi connectivity index (χ4n) is 4.55. The van der Waals surface area contributed by atoms with Gasteiger partial charge in [-0.05, 0) is 72.4 Å². The predicted molar refractivity (Wildman–Crippen MR) is 141 cm³/mol. The molecule has 0 aromatic heterocycles. The number of carbonyl (C=O) groups is 2. The Bertz CT molecular complexity index is 1210. The Morgan fingerprint density at radius 3 is 2.54 bits per heavy atom. The van der Waals surface area contributed by atoms with Gasteiger partial charge in [0, 0.05) is 43.1 Å². The third-order valence-electron chi connectivity index (χ3n) is 6.40. The Morgan fingerprint density at radius 2 is 1.80 bits per heavy atom. The van der Waals surface area contributed by atoms with Crippen LogP contribution in [0.15, 0.2) is 66.7 Å². The minimum absolute atomic E-state index is 0.151. The highest BCUT2D eigenvalue weighted by molar-refractivity contribution is 5.99. The molecule has 4 rings (SSSR count). The van der Waals surface area contributed by atoms with Gasteiger partial charge in [-0.1, -0.05) is 36.4 Å². The van der Waals surface area contributed by atoms with Crippen LogP contribution in [0.2, 0.25) is 0 Å². The lowest BCUT2D eigenvalue weighted by Crippen LogP contribution is -2.35. The molecule has 2 amide bonds. The molecule has 3 aromatic rings. The Balaban J connectivity index is 1.60. The van der Waals surface area contributed by atoms with Crippen molar-refractivity contribution in [1.29, 1.82) is 0 Å². The molecule has 1 saturated heterocycles. The highest BCUT2D eigenvalue weighted by Crippen LogP contribution is 2.29. The molecule has 182 valence electrons. The largest absolute Gasteiger partial charge is 0.370 e. The summed E-state index contributed by atoms with van der Waals surface area (Å²) in [5.74, 6) is -0.0521. The first-order valence-corrected chi connectivity index (χ1v) is 12.1. The van der Waals surface area contributed by atoms with Gasteiger partial charge in [0.25, 0.3) is 5.91 Å². The Kier molecular flexibility index (Phi) is 7.80. The molecule has 1 aliphatic heterocycles. The third-order valence-corrected chi connectivity index (χ3v) is 6.40. The zero-order valence-corrected chi connectivity index (χ0v) is 20.1. The molecule has 35 heavy (non-hydrogen) atoms. The van der Waals surface area contributed by atoms with Crippen LogP contribution in [0.3, 0.4) is 0 Å². The highest BCUT2D eigenvalue weighted by Gasteiger charge is 2.24. The monoisotopic (exact) mass is 471 g/mol. The summed E-state index contributed by atoms with van der Waals surface area (Å²) in [7, 11) is 0. The third kappa shape index (κ3) is 5.70. The van der Waals surface area contributed by atoms with E-state index in [1.54, 1.807) is 0 Å². The number of rotatable bonds is 8. The molecular formula is C28H33N5O2. The van der Waals surface area contributed by atoms with Gasteiger partial charge in [0.15, 0.2) is 0 Å². The molecule has 0 aliphatic carbocycles. The van der Waals surface area contributed by atoms with Crippen molar-refractivity contribution < 1.29 is 9.59 Å².